The van der Waals surface area contributed by atoms with Gasteiger partial charge < -0.3 is 20.1 Å². The molecule has 6 heteroatoms. The molecule has 1 saturated heterocycles. The molecule has 1 atom stereocenters. The zero-order chi connectivity index (χ0) is 15.5. The summed E-state index contributed by atoms with van der Waals surface area (Å²) >= 11 is 0. The van der Waals surface area contributed by atoms with E-state index in [0.717, 1.165) is 44.9 Å². The smallest absolute Gasteiger partial charge is 0.191 e. The Morgan fingerprint density at radius 1 is 1.26 bits per heavy atom. The molecule has 0 aliphatic carbocycles. The fraction of sp³-hybridized carbons (Fsp3) is 0.588. The third-order valence-electron chi connectivity index (χ3n) is 3.64. The highest BCUT2D eigenvalue weighted by Crippen LogP contribution is 2.11. The fourth-order valence-corrected chi connectivity index (χ4v) is 2.42. The van der Waals surface area contributed by atoms with Gasteiger partial charge in [0.25, 0.3) is 0 Å². The van der Waals surface area contributed by atoms with Crippen molar-refractivity contribution in [2.45, 2.75) is 25.4 Å². The molecular weight excluding hydrogens is 405 g/mol. The van der Waals surface area contributed by atoms with E-state index in [4.69, 9.17) is 9.47 Å². The lowest BCUT2D eigenvalue weighted by molar-refractivity contribution is 0.0191. The van der Waals surface area contributed by atoms with Gasteiger partial charge in [0.15, 0.2) is 5.96 Å². The Hall–Kier alpha value is -0.860. The van der Waals surface area contributed by atoms with Crippen LogP contribution in [-0.2, 0) is 15.9 Å². The first kappa shape index (κ1) is 20.2. The maximum atomic E-state index is 5.62. The van der Waals surface area contributed by atoms with Crippen LogP contribution in [0, 0.1) is 0 Å². The van der Waals surface area contributed by atoms with Crippen LogP contribution in [-0.4, -0.2) is 52.0 Å². The Morgan fingerprint density at radius 3 is 2.74 bits per heavy atom. The second kappa shape index (κ2) is 12.5. The SMILES string of the molecule is CN=C(NCCOCC1CCCO1)NCCc1ccccc1.I. The lowest BCUT2D eigenvalue weighted by atomic mass is 10.1. The van der Waals surface area contributed by atoms with E-state index in [1.54, 1.807) is 7.05 Å². The Bertz CT molecular complexity index is 437. The van der Waals surface area contributed by atoms with Crippen LogP contribution in [0.25, 0.3) is 0 Å². The molecule has 0 aromatic heterocycles. The molecule has 2 N–H and O–H groups in total. The highest BCUT2D eigenvalue weighted by Gasteiger charge is 2.14. The second-order valence-electron chi connectivity index (χ2n) is 5.37. The average Bonchev–Trinajstić information content (AvgIpc) is 3.07. The Morgan fingerprint density at radius 2 is 2.04 bits per heavy atom. The zero-order valence-electron chi connectivity index (χ0n) is 13.8. The van der Waals surface area contributed by atoms with E-state index < -0.39 is 0 Å². The first-order valence-corrected chi connectivity index (χ1v) is 8.06. The van der Waals surface area contributed by atoms with Crippen molar-refractivity contribution in [3.8, 4) is 0 Å². The van der Waals surface area contributed by atoms with Crippen LogP contribution >= 0.6 is 24.0 Å². The van der Waals surface area contributed by atoms with Gasteiger partial charge in [-0.25, -0.2) is 0 Å². The molecule has 5 nitrogen and oxygen atoms in total. The van der Waals surface area contributed by atoms with Crippen molar-refractivity contribution in [3.05, 3.63) is 35.9 Å². The molecular formula is C17H28IN3O2. The largest absolute Gasteiger partial charge is 0.377 e. The summed E-state index contributed by atoms with van der Waals surface area (Å²) in [5, 5.41) is 6.56. The summed E-state index contributed by atoms with van der Waals surface area (Å²) in [4.78, 5) is 4.21. The van der Waals surface area contributed by atoms with Crippen molar-refractivity contribution in [1.82, 2.24) is 10.6 Å². The van der Waals surface area contributed by atoms with Crippen LogP contribution in [0.2, 0.25) is 0 Å². The molecule has 2 rings (SSSR count). The number of hydrogen-bond donors (Lipinski definition) is 2. The van der Waals surface area contributed by atoms with E-state index in [1.165, 1.54) is 5.56 Å². The maximum Gasteiger partial charge on any atom is 0.191 e. The fourth-order valence-electron chi connectivity index (χ4n) is 2.42. The van der Waals surface area contributed by atoms with Crippen LogP contribution in [0.5, 0.6) is 0 Å². The second-order valence-corrected chi connectivity index (χ2v) is 5.37. The number of ether oxygens (including phenoxy) is 2. The number of rotatable bonds is 8. The summed E-state index contributed by atoms with van der Waals surface area (Å²) < 4.78 is 11.1. The van der Waals surface area contributed by atoms with Crippen LogP contribution < -0.4 is 10.6 Å². The quantitative estimate of drug-likeness (QED) is 0.286. The van der Waals surface area contributed by atoms with Crippen LogP contribution in [0.15, 0.2) is 35.3 Å². The normalized spacial score (nSPS) is 17.6. The van der Waals surface area contributed by atoms with Gasteiger partial charge in [-0.15, -0.1) is 24.0 Å². The summed E-state index contributed by atoms with van der Waals surface area (Å²) in [6, 6.07) is 10.4. The average molecular weight is 433 g/mol. The van der Waals surface area contributed by atoms with E-state index in [0.29, 0.717) is 19.3 Å². The minimum Gasteiger partial charge on any atom is -0.377 e. The van der Waals surface area contributed by atoms with Gasteiger partial charge in [-0.05, 0) is 24.8 Å². The van der Waals surface area contributed by atoms with Gasteiger partial charge in [0, 0.05) is 26.7 Å². The molecule has 0 spiro atoms. The highest BCUT2D eigenvalue weighted by molar-refractivity contribution is 14.0. The van der Waals surface area contributed by atoms with Crippen molar-refractivity contribution in [2.24, 2.45) is 4.99 Å². The third-order valence-corrected chi connectivity index (χ3v) is 3.64. The van der Waals surface area contributed by atoms with E-state index in [1.807, 2.05) is 6.07 Å². The number of hydrogen-bond acceptors (Lipinski definition) is 3. The number of nitrogens with one attached hydrogen (secondary N) is 2. The van der Waals surface area contributed by atoms with Gasteiger partial charge >= 0.3 is 0 Å². The number of halogens is 1. The van der Waals surface area contributed by atoms with Crippen molar-refractivity contribution in [3.63, 3.8) is 0 Å². The summed E-state index contributed by atoms with van der Waals surface area (Å²) in [5.41, 5.74) is 1.32. The van der Waals surface area contributed by atoms with Gasteiger partial charge in [-0.1, -0.05) is 30.3 Å². The molecule has 1 fully saturated rings. The summed E-state index contributed by atoms with van der Waals surface area (Å²) in [6.45, 7) is 3.85. The minimum atomic E-state index is 0. The molecule has 1 unspecified atom stereocenters. The van der Waals surface area contributed by atoms with E-state index in [2.05, 4.69) is 39.9 Å². The standard InChI is InChI=1S/C17H27N3O2.HI/c1-18-17(19-10-9-15-6-3-2-4-7-15)20-11-13-21-14-16-8-5-12-22-16;/h2-4,6-7,16H,5,8-14H2,1H3,(H2,18,19,20);1H. The molecule has 1 aliphatic rings. The number of guanidine groups is 1. The molecule has 0 radical (unpaired) electrons. The molecule has 0 bridgehead atoms. The Labute approximate surface area is 156 Å². The lowest BCUT2D eigenvalue weighted by Crippen LogP contribution is -2.40. The number of nitrogens with zero attached hydrogens (tertiary/aromatic N) is 1. The maximum absolute atomic E-state index is 5.62. The predicted octanol–water partition coefficient (Wildman–Crippen LogP) is 2.21. The van der Waals surface area contributed by atoms with Crippen molar-refractivity contribution < 1.29 is 9.47 Å². The minimum absolute atomic E-state index is 0. The summed E-state index contributed by atoms with van der Waals surface area (Å²) in [5.74, 6) is 0.816. The Balaban J connectivity index is 0.00000264. The third kappa shape index (κ3) is 8.53. The molecule has 0 amide bonds. The zero-order valence-corrected chi connectivity index (χ0v) is 16.1. The number of aliphatic imine (C=N–C) groups is 1. The van der Waals surface area contributed by atoms with E-state index in [9.17, 15) is 0 Å². The van der Waals surface area contributed by atoms with E-state index in [-0.39, 0.29) is 24.0 Å². The van der Waals surface area contributed by atoms with Crippen LogP contribution in [0.3, 0.4) is 0 Å². The first-order chi connectivity index (χ1) is 10.9. The molecule has 1 heterocycles. The van der Waals surface area contributed by atoms with Crippen molar-refractivity contribution in [2.75, 3.05) is 40.0 Å². The molecule has 1 aliphatic heterocycles. The molecule has 1 aromatic carbocycles. The van der Waals surface area contributed by atoms with Gasteiger partial charge in [0.1, 0.15) is 0 Å². The summed E-state index contributed by atoms with van der Waals surface area (Å²) in [7, 11) is 1.78. The van der Waals surface area contributed by atoms with Crippen LogP contribution in [0.1, 0.15) is 18.4 Å². The first-order valence-electron chi connectivity index (χ1n) is 8.06. The molecule has 130 valence electrons. The number of benzene rings is 1. The molecule has 1 aromatic rings. The highest BCUT2D eigenvalue weighted by atomic mass is 127. The van der Waals surface area contributed by atoms with Gasteiger partial charge in [-0.3, -0.25) is 4.99 Å². The Kier molecular flexibility index (Phi) is 11.0. The van der Waals surface area contributed by atoms with Gasteiger partial charge in [0.05, 0.1) is 19.3 Å². The molecule has 0 saturated carbocycles. The van der Waals surface area contributed by atoms with Gasteiger partial charge in [-0.2, -0.15) is 0 Å². The lowest BCUT2D eigenvalue weighted by Gasteiger charge is -2.13. The van der Waals surface area contributed by atoms with Crippen molar-refractivity contribution in [1.29, 1.82) is 0 Å². The molecule has 23 heavy (non-hydrogen) atoms. The van der Waals surface area contributed by atoms with Crippen LogP contribution in [0.4, 0.5) is 0 Å². The summed E-state index contributed by atoms with van der Waals surface area (Å²) in [6.07, 6.45) is 3.56. The predicted molar refractivity (Wildman–Crippen MR) is 105 cm³/mol. The van der Waals surface area contributed by atoms with Crippen molar-refractivity contribution >= 4 is 29.9 Å². The van der Waals surface area contributed by atoms with Gasteiger partial charge in [0.2, 0.25) is 0 Å². The monoisotopic (exact) mass is 433 g/mol. The van der Waals surface area contributed by atoms with E-state index >= 15 is 0 Å². The topological polar surface area (TPSA) is 54.9 Å².